The van der Waals surface area contributed by atoms with Gasteiger partial charge in [-0.1, -0.05) is 109 Å². The first-order valence-corrected chi connectivity index (χ1v) is 11.1. The zero-order valence-corrected chi connectivity index (χ0v) is 24.0. The van der Waals surface area contributed by atoms with Crippen LogP contribution < -0.4 is 0 Å². The maximum absolute atomic E-state index is 7.75. The second-order valence-corrected chi connectivity index (χ2v) is 9.19. The normalized spacial score (nSPS) is 14.6. The summed E-state index contributed by atoms with van der Waals surface area (Å²) in [5.74, 6) is 0. The molecule has 0 amide bonds. The Kier molecular flexibility index (Phi) is 32.4. The van der Waals surface area contributed by atoms with Gasteiger partial charge in [0.1, 0.15) is 0 Å². The molecule has 7 heteroatoms. The van der Waals surface area contributed by atoms with Crippen LogP contribution in [0.3, 0.4) is 0 Å². The molecule has 0 aromatic carbocycles. The number of rotatable bonds is 10. The first-order chi connectivity index (χ1) is 13.8. The molecule has 0 bridgehead atoms. The van der Waals surface area contributed by atoms with Crippen LogP contribution >= 0.6 is 0 Å². The van der Waals surface area contributed by atoms with Crippen LogP contribution in [0, 0.1) is 0 Å². The quantitative estimate of drug-likeness (QED) is 0.166. The summed E-state index contributed by atoms with van der Waals surface area (Å²) in [4.78, 5) is 15.5. The molecule has 0 N–H and O–H groups in total. The van der Waals surface area contributed by atoms with Crippen LogP contribution in [0.2, 0.25) is 0 Å². The number of hydrogen-bond acceptors (Lipinski definition) is 2. The van der Waals surface area contributed by atoms with Crippen molar-refractivity contribution in [1.82, 2.24) is 0 Å². The smallest absolute Gasteiger partial charge is 0.675 e. The van der Waals surface area contributed by atoms with E-state index in [-0.39, 0.29) is 42.9 Å². The van der Waals surface area contributed by atoms with Gasteiger partial charge in [-0.15, -0.1) is 23.2 Å². The molecule has 0 fully saturated rings. The Balaban J connectivity index is -0.000000122. The van der Waals surface area contributed by atoms with Crippen molar-refractivity contribution in [2.45, 2.75) is 144 Å². The molecular formula is C24H50N4O2Ru. The van der Waals surface area contributed by atoms with Crippen LogP contribution in [0.15, 0.2) is 0 Å². The molecule has 4 unspecified atom stereocenters. The van der Waals surface area contributed by atoms with Gasteiger partial charge in [0.2, 0.25) is 0 Å². The van der Waals surface area contributed by atoms with Crippen molar-refractivity contribution >= 4 is 13.6 Å². The molecule has 0 spiro atoms. The van der Waals surface area contributed by atoms with Gasteiger partial charge in [0.05, 0.1) is 0 Å². The third kappa shape index (κ3) is 34.6. The van der Waals surface area contributed by atoms with E-state index in [4.69, 9.17) is 9.59 Å². The standard InChI is InChI=1S/2C11H24N2.2CHO.Ru/c2*1-7-9(3)12-10(8-2)13-11(4,5)6;2*1-2;/h2*9-10H,7-8H2,1-6H3;2*1H;/q2*-2;2*-1;+6. The van der Waals surface area contributed by atoms with Crippen LogP contribution in [0.1, 0.15) is 109 Å². The predicted molar refractivity (Wildman–Crippen MR) is 134 cm³/mol. The van der Waals surface area contributed by atoms with E-state index in [2.05, 4.69) is 118 Å². The van der Waals surface area contributed by atoms with E-state index >= 15 is 0 Å². The van der Waals surface area contributed by atoms with Crippen LogP contribution in [-0.2, 0) is 29.1 Å². The second-order valence-electron chi connectivity index (χ2n) is 9.19. The van der Waals surface area contributed by atoms with Gasteiger partial charge < -0.3 is 30.9 Å². The van der Waals surface area contributed by atoms with E-state index in [1.165, 1.54) is 0 Å². The molecule has 0 saturated heterocycles. The molecule has 0 aromatic heterocycles. The summed E-state index contributed by atoms with van der Waals surface area (Å²) < 4.78 is 0. The van der Waals surface area contributed by atoms with Gasteiger partial charge >= 0.3 is 19.5 Å². The molecule has 0 saturated carbocycles. The van der Waals surface area contributed by atoms with Crippen molar-refractivity contribution in [3.63, 3.8) is 0 Å². The second kappa shape index (κ2) is 24.4. The minimum atomic E-state index is 0. The van der Waals surface area contributed by atoms with Gasteiger partial charge in [0, 0.05) is 0 Å². The molecule has 0 aliphatic heterocycles. The third-order valence-corrected chi connectivity index (χ3v) is 3.84. The fraction of sp³-hybridized carbons (Fsp3) is 0.917. The summed E-state index contributed by atoms with van der Waals surface area (Å²) >= 11 is 0. The predicted octanol–water partition coefficient (Wildman–Crippen LogP) is 7.58. The van der Waals surface area contributed by atoms with Crippen molar-refractivity contribution < 1.29 is 29.1 Å². The summed E-state index contributed by atoms with van der Waals surface area (Å²) in [6.07, 6.45) is 4.63. The molecule has 0 radical (unpaired) electrons. The van der Waals surface area contributed by atoms with Gasteiger partial charge in [0.25, 0.3) is 0 Å². The van der Waals surface area contributed by atoms with Crippen molar-refractivity contribution in [1.29, 1.82) is 0 Å². The van der Waals surface area contributed by atoms with Crippen LogP contribution in [0.5, 0.6) is 0 Å². The van der Waals surface area contributed by atoms with E-state index in [9.17, 15) is 0 Å². The van der Waals surface area contributed by atoms with E-state index < -0.39 is 0 Å². The third-order valence-electron chi connectivity index (χ3n) is 3.84. The maximum atomic E-state index is 7.75. The fourth-order valence-electron chi connectivity index (χ4n) is 2.15. The van der Waals surface area contributed by atoms with Crippen LogP contribution in [0.25, 0.3) is 21.3 Å². The summed E-state index contributed by atoms with van der Waals surface area (Å²) in [6, 6.07) is 0.882. The van der Waals surface area contributed by atoms with E-state index in [0.29, 0.717) is 12.1 Å². The molecule has 186 valence electrons. The Bertz CT molecular complexity index is 326. The van der Waals surface area contributed by atoms with Gasteiger partial charge in [0.15, 0.2) is 0 Å². The largest absolute Gasteiger partial charge is 6.00 e. The molecule has 6 nitrogen and oxygen atoms in total. The molecule has 0 heterocycles. The molecule has 0 aliphatic carbocycles. The van der Waals surface area contributed by atoms with E-state index in [0.717, 1.165) is 25.7 Å². The fourth-order valence-corrected chi connectivity index (χ4v) is 2.15. The van der Waals surface area contributed by atoms with Crippen molar-refractivity contribution in [2.24, 2.45) is 0 Å². The Morgan fingerprint density at radius 1 is 0.581 bits per heavy atom. The van der Waals surface area contributed by atoms with Crippen molar-refractivity contribution in [3.05, 3.63) is 21.3 Å². The SMILES string of the molecule is CCC(C)[N-]C(CC)[N-]C(C)(C)C.CCC(C)[N-]C(CC)[N-]C(C)(C)C.[CH-]=O.[CH-]=O.[Ru+6]. The minimum Gasteiger partial charge on any atom is -0.675 e. The number of hydrogen-bond donors (Lipinski definition) is 0. The Hall–Kier alpha value is -0.197. The Morgan fingerprint density at radius 2 is 0.806 bits per heavy atom. The number of nitrogens with zero attached hydrogens (tertiary/aromatic N) is 4. The zero-order chi connectivity index (χ0) is 25.0. The molecular weight excluding hydrogens is 477 g/mol. The van der Waals surface area contributed by atoms with Gasteiger partial charge in [-0.25, -0.2) is 12.3 Å². The average Bonchev–Trinajstić information content (AvgIpc) is 2.68. The average molecular weight is 528 g/mol. The Labute approximate surface area is 208 Å². The topological polar surface area (TPSA) is 90.5 Å². The van der Waals surface area contributed by atoms with Crippen molar-refractivity contribution in [3.8, 4) is 0 Å². The van der Waals surface area contributed by atoms with Crippen LogP contribution in [0.4, 0.5) is 0 Å². The molecule has 31 heavy (non-hydrogen) atoms. The summed E-state index contributed by atoms with van der Waals surface area (Å²) in [7, 11) is 0. The minimum absolute atomic E-state index is 0. The molecule has 4 atom stereocenters. The first kappa shape index (κ1) is 41.1. The summed E-state index contributed by atoms with van der Waals surface area (Å²) in [5.41, 5.74) is 0.0786. The van der Waals surface area contributed by atoms with Gasteiger partial charge in [-0.3, -0.25) is 13.6 Å². The van der Waals surface area contributed by atoms with E-state index in [1.807, 2.05) is 0 Å². The monoisotopic (exact) mass is 528 g/mol. The zero-order valence-electron chi connectivity index (χ0n) is 22.3. The van der Waals surface area contributed by atoms with Crippen molar-refractivity contribution in [2.75, 3.05) is 0 Å². The summed E-state index contributed by atoms with van der Waals surface area (Å²) in [6.45, 7) is 32.2. The molecule has 0 rings (SSSR count). The first-order valence-electron chi connectivity index (χ1n) is 11.1. The molecule has 0 aliphatic rings. The maximum Gasteiger partial charge on any atom is 6.00 e. The molecule has 0 aromatic rings. The Morgan fingerprint density at radius 3 is 0.935 bits per heavy atom. The van der Waals surface area contributed by atoms with Gasteiger partial charge in [-0.2, -0.15) is 0 Å². The van der Waals surface area contributed by atoms with Gasteiger partial charge in [-0.05, 0) is 0 Å². The van der Waals surface area contributed by atoms with Crippen LogP contribution in [-0.4, -0.2) is 49.1 Å². The summed E-state index contributed by atoms with van der Waals surface area (Å²) in [5, 5.41) is 18.6. The number of carbonyl (C=O) groups excluding carboxylic acids is 2. The van der Waals surface area contributed by atoms with E-state index in [1.54, 1.807) is 0 Å².